The number of rotatable bonds is 13. The molecule has 7 nitrogen and oxygen atoms in total. The first-order valence-corrected chi connectivity index (χ1v) is 11.7. The molecular formula is C27H36N2O5. The lowest BCUT2D eigenvalue weighted by Gasteiger charge is -2.19. The highest BCUT2D eigenvalue weighted by molar-refractivity contribution is 5.91. The summed E-state index contributed by atoms with van der Waals surface area (Å²) in [6, 6.07) is 16.7. The van der Waals surface area contributed by atoms with E-state index in [0.29, 0.717) is 18.7 Å². The molecule has 0 aliphatic rings. The number of methoxy groups -OCH3 is 1. The third kappa shape index (κ3) is 10.1. The Hall–Kier alpha value is -3.35. The minimum Gasteiger partial charge on any atom is -0.493 e. The van der Waals surface area contributed by atoms with Gasteiger partial charge in [-0.2, -0.15) is 0 Å². The molecule has 0 aliphatic heterocycles. The molecule has 2 unspecified atom stereocenters. The normalized spacial score (nSPS) is 12.5. The van der Waals surface area contributed by atoms with E-state index in [2.05, 4.69) is 22.8 Å². The van der Waals surface area contributed by atoms with E-state index in [1.807, 2.05) is 51.1 Å². The van der Waals surface area contributed by atoms with E-state index in [4.69, 9.17) is 9.47 Å². The standard InChI is InChI=1S/C27H36N2O5/c1-19(2)16-24(27(32)33-4)29-26(31)18-20(3)17-25(30)28-22-10-12-23(13-11-22)34-15-14-21-8-6-5-7-9-21/h5-13,19-20,24H,14-18H2,1-4H3,(H,28,30)(H,29,31). The van der Waals surface area contributed by atoms with Crippen molar-refractivity contribution in [3.63, 3.8) is 0 Å². The van der Waals surface area contributed by atoms with E-state index in [9.17, 15) is 14.4 Å². The van der Waals surface area contributed by atoms with Gasteiger partial charge in [-0.25, -0.2) is 4.79 Å². The summed E-state index contributed by atoms with van der Waals surface area (Å²) in [6.45, 7) is 6.35. The van der Waals surface area contributed by atoms with Crippen molar-refractivity contribution in [3.8, 4) is 5.75 Å². The van der Waals surface area contributed by atoms with Gasteiger partial charge in [0.15, 0.2) is 0 Å². The molecule has 2 amide bonds. The average Bonchev–Trinajstić information content (AvgIpc) is 2.79. The number of ether oxygens (including phenoxy) is 2. The van der Waals surface area contributed by atoms with Crippen LogP contribution in [0.1, 0.15) is 45.6 Å². The molecule has 0 aromatic heterocycles. The van der Waals surface area contributed by atoms with Gasteiger partial charge in [0.1, 0.15) is 11.8 Å². The SMILES string of the molecule is COC(=O)C(CC(C)C)NC(=O)CC(C)CC(=O)Nc1ccc(OCCc2ccccc2)cc1. The maximum atomic E-state index is 12.4. The van der Waals surface area contributed by atoms with E-state index in [1.165, 1.54) is 12.7 Å². The fraction of sp³-hybridized carbons (Fsp3) is 0.444. The maximum absolute atomic E-state index is 12.4. The number of benzene rings is 2. The average molecular weight is 469 g/mol. The largest absolute Gasteiger partial charge is 0.493 e. The van der Waals surface area contributed by atoms with Gasteiger partial charge >= 0.3 is 5.97 Å². The Morgan fingerprint density at radius 1 is 0.882 bits per heavy atom. The van der Waals surface area contributed by atoms with Gasteiger partial charge in [0.05, 0.1) is 13.7 Å². The van der Waals surface area contributed by atoms with Gasteiger partial charge in [0.25, 0.3) is 0 Å². The van der Waals surface area contributed by atoms with Crippen molar-refractivity contribution in [2.24, 2.45) is 11.8 Å². The number of hydrogen-bond donors (Lipinski definition) is 2. The van der Waals surface area contributed by atoms with Gasteiger partial charge in [0, 0.05) is 24.9 Å². The van der Waals surface area contributed by atoms with Crippen molar-refractivity contribution in [3.05, 3.63) is 60.2 Å². The van der Waals surface area contributed by atoms with Gasteiger partial charge in [0.2, 0.25) is 11.8 Å². The van der Waals surface area contributed by atoms with Crippen molar-refractivity contribution in [1.29, 1.82) is 0 Å². The van der Waals surface area contributed by atoms with Crippen LogP contribution in [0, 0.1) is 11.8 Å². The van der Waals surface area contributed by atoms with E-state index in [-0.39, 0.29) is 36.5 Å². The third-order valence-corrected chi connectivity index (χ3v) is 5.24. The highest BCUT2D eigenvalue weighted by Gasteiger charge is 2.23. The van der Waals surface area contributed by atoms with E-state index in [0.717, 1.165) is 12.2 Å². The lowest BCUT2D eigenvalue weighted by molar-refractivity contribution is -0.145. The topological polar surface area (TPSA) is 93.7 Å². The van der Waals surface area contributed by atoms with Gasteiger partial charge in [-0.05, 0) is 48.1 Å². The molecule has 34 heavy (non-hydrogen) atoms. The summed E-state index contributed by atoms with van der Waals surface area (Å²) < 4.78 is 10.5. The Bertz CT molecular complexity index is 912. The predicted molar refractivity (Wildman–Crippen MR) is 133 cm³/mol. The van der Waals surface area contributed by atoms with Crippen molar-refractivity contribution in [2.75, 3.05) is 19.0 Å². The molecule has 0 aliphatic carbocycles. The number of anilines is 1. The smallest absolute Gasteiger partial charge is 0.328 e. The summed E-state index contributed by atoms with van der Waals surface area (Å²) in [5.41, 5.74) is 1.88. The first-order chi connectivity index (χ1) is 16.3. The van der Waals surface area contributed by atoms with E-state index in [1.54, 1.807) is 12.1 Å². The predicted octanol–water partition coefficient (Wildman–Crippen LogP) is 4.37. The lowest BCUT2D eigenvalue weighted by Crippen LogP contribution is -2.42. The second-order valence-corrected chi connectivity index (χ2v) is 8.94. The summed E-state index contributed by atoms with van der Waals surface area (Å²) in [7, 11) is 1.30. The van der Waals surface area contributed by atoms with Gasteiger partial charge in [-0.15, -0.1) is 0 Å². The minimum atomic E-state index is -0.674. The van der Waals surface area contributed by atoms with E-state index >= 15 is 0 Å². The van der Waals surface area contributed by atoms with Crippen LogP contribution in [0.3, 0.4) is 0 Å². The molecule has 0 saturated heterocycles. The highest BCUT2D eigenvalue weighted by atomic mass is 16.5. The van der Waals surface area contributed by atoms with Crippen LogP contribution >= 0.6 is 0 Å². The van der Waals surface area contributed by atoms with Crippen molar-refractivity contribution >= 4 is 23.5 Å². The molecule has 2 aromatic carbocycles. The molecule has 0 spiro atoms. The fourth-order valence-electron chi connectivity index (χ4n) is 3.56. The molecule has 2 N–H and O–H groups in total. The molecule has 2 atom stereocenters. The molecular weight excluding hydrogens is 432 g/mol. The summed E-state index contributed by atoms with van der Waals surface area (Å²) in [5, 5.41) is 5.58. The fourth-order valence-corrected chi connectivity index (χ4v) is 3.56. The minimum absolute atomic E-state index is 0.146. The maximum Gasteiger partial charge on any atom is 0.328 e. The summed E-state index contributed by atoms with van der Waals surface area (Å²) >= 11 is 0. The molecule has 0 bridgehead atoms. The lowest BCUT2D eigenvalue weighted by atomic mass is 10.0. The van der Waals surface area contributed by atoms with Crippen molar-refractivity contribution in [1.82, 2.24) is 5.32 Å². The zero-order valence-corrected chi connectivity index (χ0v) is 20.5. The van der Waals surface area contributed by atoms with Gasteiger partial charge < -0.3 is 20.1 Å². The monoisotopic (exact) mass is 468 g/mol. The van der Waals surface area contributed by atoms with Crippen LogP contribution in [0.5, 0.6) is 5.75 Å². The second-order valence-electron chi connectivity index (χ2n) is 8.94. The molecule has 0 fully saturated rings. The number of amides is 2. The molecule has 0 heterocycles. The van der Waals surface area contributed by atoms with Crippen molar-refractivity contribution < 1.29 is 23.9 Å². The van der Waals surface area contributed by atoms with E-state index < -0.39 is 12.0 Å². The molecule has 184 valence electrons. The van der Waals surface area contributed by atoms with Crippen LogP contribution < -0.4 is 15.4 Å². The number of carbonyl (C=O) groups excluding carboxylic acids is 3. The number of hydrogen-bond acceptors (Lipinski definition) is 5. The number of nitrogens with one attached hydrogen (secondary N) is 2. The van der Waals surface area contributed by atoms with Crippen LogP contribution in [0.15, 0.2) is 54.6 Å². The van der Waals surface area contributed by atoms with Crippen molar-refractivity contribution in [2.45, 2.75) is 52.5 Å². The van der Waals surface area contributed by atoms with Crippen LogP contribution in [0.4, 0.5) is 5.69 Å². The molecule has 2 aromatic rings. The summed E-state index contributed by atoms with van der Waals surface area (Å²) in [4.78, 5) is 36.6. The Balaban J connectivity index is 1.74. The molecule has 0 radical (unpaired) electrons. The second kappa shape index (κ2) is 14.0. The highest BCUT2D eigenvalue weighted by Crippen LogP contribution is 2.18. The van der Waals surface area contributed by atoms with Gasteiger partial charge in [-0.1, -0.05) is 51.1 Å². The van der Waals surface area contributed by atoms with Gasteiger partial charge in [-0.3, -0.25) is 9.59 Å². The van der Waals surface area contributed by atoms with Crippen LogP contribution in [-0.4, -0.2) is 37.5 Å². The molecule has 2 rings (SSSR count). The zero-order valence-electron chi connectivity index (χ0n) is 20.5. The van der Waals surface area contributed by atoms with Crippen LogP contribution in [0.2, 0.25) is 0 Å². The summed E-state index contributed by atoms with van der Waals surface area (Å²) in [5.74, 6) is -0.121. The Morgan fingerprint density at radius 3 is 2.15 bits per heavy atom. The Kier molecular flexibility index (Phi) is 11.1. The third-order valence-electron chi connectivity index (χ3n) is 5.24. The first-order valence-electron chi connectivity index (χ1n) is 11.7. The van der Waals surface area contributed by atoms with Crippen LogP contribution in [-0.2, 0) is 25.5 Å². The first kappa shape index (κ1) is 26.9. The Labute approximate surface area is 202 Å². The number of carbonyl (C=O) groups is 3. The number of esters is 1. The Morgan fingerprint density at radius 2 is 1.53 bits per heavy atom. The zero-order chi connectivity index (χ0) is 24.9. The quantitative estimate of drug-likeness (QED) is 0.426. The molecule has 7 heteroatoms. The summed E-state index contributed by atoms with van der Waals surface area (Å²) in [6.07, 6.45) is 1.66. The van der Waals surface area contributed by atoms with Crippen LogP contribution in [0.25, 0.3) is 0 Å². The molecule has 0 saturated carbocycles.